The van der Waals surface area contributed by atoms with Gasteiger partial charge in [-0.15, -0.1) is 0 Å². The lowest BCUT2D eigenvalue weighted by Crippen LogP contribution is -2.32. The number of carbonyl (C=O) groups excluding carboxylic acids is 1. The van der Waals surface area contributed by atoms with Gasteiger partial charge in [-0.05, 0) is 74.4 Å². The molecular formula is C33H32FN5O4. The third-order valence-corrected chi connectivity index (χ3v) is 7.94. The molecule has 0 saturated carbocycles. The Kier molecular flexibility index (Phi) is 8.43. The van der Waals surface area contributed by atoms with Crippen LogP contribution in [0.1, 0.15) is 65.7 Å². The van der Waals surface area contributed by atoms with Gasteiger partial charge < -0.3 is 18.8 Å². The van der Waals surface area contributed by atoms with Gasteiger partial charge in [0.1, 0.15) is 23.8 Å². The van der Waals surface area contributed by atoms with Gasteiger partial charge >= 0.3 is 5.97 Å². The monoisotopic (exact) mass is 581 g/mol. The number of ether oxygens (including phenoxy) is 3. The molecule has 1 aliphatic heterocycles. The lowest BCUT2D eigenvalue weighted by Gasteiger charge is -2.28. The molecular weight excluding hydrogens is 549 g/mol. The Bertz CT molecular complexity index is 1720. The number of halogens is 1. The van der Waals surface area contributed by atoms with Crippen molar-refractivity contribution in [3.63, 3.8) is 0 Å². The lowest BCUT2D eigenvalue weighted by atomic mass is 9.86. The third kappa shape index (κ3) is 6.42. The molecule has 0 spiro atoms. The van der Waals surface area contributed by atoms with Crippen molar-refractivity contribution in [1.82, 2.24) is 19.5 Å². The minimum atomic E-state index is -0.472. The molecule has 10 heteroatoms. The molecule has 0 N–H and O–H groups in total. The van der Waals surface area contributed by atoms with Crippen LogP contribution < -0.4 is 4.74 Å². The molecule has 43 heavy (non-hydrogen) atoms. The van der Waals surface area contributed by atoms with Crippen LogP contribution in [-0.2, 0) is 29.0 Å². The van der Waals surface area contributed by atoms with E-state index in [-0.39, 0.29) is 24.0 Å². The fourth-order valence-corrected chi connectivity index (χ4v) is 5.47. The summed E-state index contributed by atoms with van der Waals surface area (Å²) >= 11 is 0. The largest absolute Gasteiger partial charge is 0.473 e. The maximum absolute atomic E-state index is 14.3. The van der Waals surface area contributed by atoms with Crippen LogP contribution in [0.4, 0.5) is 4.39 Å². The predicted octanol–water partition coefficient (Wildman–Crippen LogP) is 5.81. The highest BCUT2D eigenvalue weighted by Gasteiger charge is 2.25. The van der Waals surface area contributed by atoms with Crippen molar-refractivity contribution >= 4 is 22.7 Å². The van der Waals surface area contributed by atoms with Gasteiger partial charge in [-0.3, -0.25) is 0 Å². The Morgan fingerprint density at radius 2 is 2.05 bits per heavy atom. The van der Waals surface area contributed by atoms with Gasteiger partial charge in [0.2, 0.25) is 5.88 Å². The summed E-state index contributed by atoms with van der Waals surface area (Å²) in [6.07, 6.45) is 6.85. The molecule has 0 bridgehead atoms. The minimum Gasteiger partial charge on any atom is -0.473 e. The molecule has 3 aromatic heterocycles. The van der Waals surface area contributed by atoms with E-state index in [0.717, 1.165) is 61.3 Å². The predicted molar refractivity (Wildman–Crippen MR) is 157 cm³/mol. The second kappa shape index (κ2) is 12.7. The first-order valence-electron chi connectivity index (χ1n) is 14.6. The Morgan fingerprint density at radius 3 is 2.77 bits per heavy atom. The fraction of sp³-hybridized carbons (Fsp3) is 0.364. The molecule has 1 saturated heterocycles. The Balaban J connectivity index is 1.14. The standard InChI is InChI=1S/C33H32FN5O4/c1-2-41-33(40)29-13-12-28-32(38-29)39(19-25-14-15-42-25)30(36-28)17-21-6-9-23(10-7-21)27-4-3-5-31(37-27)43-20-24-11-8-22(18-35)16-26(24)34/h3-5,8-9,11-13,16,21,25H,2,6-7,10,14-15,17,19-20H2,1H3. The molecule has 0 amide bonds. The van der Waals surface area contributed by atoms with Crippen LogP contribution in [0.2, 0.25) is 0 Å². The van der Waals surface area contributed by atoms with Crippen molar-refractivity contribution in [1.29, 1.82) is 5.26 Å². The Hall–Kier alpha value is -4.62. The summed E-state index contributed by atoms with van der Waals surface area (Å²) in [5.74, 6) is 0.855. The van der Waals surface area contributed by atoms with Crippen molar-refractivity contribution in [3.05, 3.63) is 88.8 Å². The van der Waals surface area contributed by atoms with Crippen LogP contribution in [-0.4, -0.2) is 44.8 Å². The Labute approximate surface area is 249 Å². The summed E-state index contributed by atoms with van der Waals surface area (Å²) in [5.41, 5.74) is 4.37. The SMILES string of the molecule is CCOC(=O)c1ccc2nc(CC3CC=C(c4cccc(OCc5ccc(C#N)cc5F)n4)CC3)n(CC3CCO3)c2n1. The number of nitriles is 1. The first kappa shape index (κ1) is 28.5. The maximum Gasteiger partial charge on any atom is 0.357 e. The van der Waals surface area contributed by atoms with E-state index in [2.05, 4.69) is 20.6 Å². The molecule has 2 unspecified atom stereocenters. The van der Waals surface area contributed by atoms with Crippen molar-refractivity contribution in [2.45, 2.75) is 58.3 Å². The first-order valence-corrected chi connectivity index (χ1v) is 14.6. The van der Waals surface area contributed by atoms with Gasteiger partial charge in [-0.2, -0.15) is 5.26 Å². The molecule has 4 heterocycles. The number of benzene rings is 1. The average molecular weight is 582 g/mol. The van der Waals surface area contributed by atoms with E-state index in [1.54, 1.807) is 31.2 Å². The zero-order chi connectivity index (χ0) is 29.8. The highest BCUT2D eigenvalue weighted by Crippen LogP contribution is 2.33. The van der Waals surface area contributed by atoms with E-state index in [0.29, 0.717) is 36.2 Å². The lowest BCUT2D eigenvalue weighted by molar-refractivity contribution is -0.0591. The van der Waals surface area contributed by atoms with E-state index in [1.807, 2.05) is 24.3 Å². The topological polar surface area (TPSA) is 112 Å². The summed E-state index contributed by atoms with van der Waals surface area (Å²) in [7, 11) is 0. The minimum absolute atomic E-state index is 0.0259. The van der Waals surface area contributed by atoms with Crippen LogP contribution in [0.5, 0.6) is 5.88 Å². The average Bonchev–Trinajstić information content (AvgIpc) is 3.34. The van der Waals surface area contributed by atoms with E-state index in [4.69, 9.17) is 24.5 Å². The van der Waals surface area contributed by atoms with Crippen molar-refractivity contribution in [2.75, 3.05) is 13.2 Å². The van der Waals surface area contributed by atoms with Gasteiger partial charge in [-0.1, -0.05) is 18.2 Å². The number of imidazole rings is 1. The zero-order valence-electron chi connectivity index (χ0n) is 24.0. The molecule has 1 aromatic carbocycles. The molecule has 9 nitrogen and oxygen atoms in total. The van der Waals surface area contributed by atoms with Crippen LogP contribution in [0, 0.1) is 23.1 Å². The van der Waals surface area contributed by atoms with E-state index >= 15 is 0 Å². The van der Waals surface area contributed by atoms with Crippen LogP contribution >= 0.6 is 0 Å². The zero-order valence-corrected chi connectivity index (χ0v) is 24.0. The second-order valence-electron chi connectivity index (χ2n) is 10.8. The second-order valence-corrected chi connectivity index (χ2v) is 10.8. The summed E-state index contributed by atoms with van der Waals surface area (Å²) in [4.78, 5) is 26.6. The molecule has 220 valence electrons. The molecule has 1 fully saturated rings. The number of aromatic nitrogens is 4. The number of nitrogens with zero attached hydrogens (tertiary/aromatic N) is 5. The fourth-order valence-electron chi connectivity index (χ4n) is 5.47. The number of allylic oxidation sites excluding steroid dienone is 2. The third-order valence-electron chi connectivity index (χ3n) is 7.94. The number of pyridine rings is 2. The summed E-state index contributed by atoms with van der Waals surface area (Å²) in [6.45, 7) is 3.51. The van der Waals surface area contributed by atoms with Crippen molar-refractivity contribution in [3.8, 4) is 11.9 Å². The van der Waals surface area contributed by atoms with Crippen molar-refractivity contribution < 1.29 is 23.4 Å². The molecule has 2 atom stereocenters. The molecule has 0 radical (unpaired) electrons. The van der Waals surface area contributed by atoms with Crippen LogP contribution in [0.25, 0.3) is 16.7 Å². The van der Waals surface area contributed by atoms with E-state index in [1.165, 1.54) is 6.07 Å². The number of fused-ring (bicyclic) bond motifs is 1. The highest BCUT2D eigenvalue weighted by molar-refractivity contribution is 5.89. The number of carbonyl (C=O) groups is 1. The highest BCUT2D eigenvalue weighted by atomic mass is 19.1. The number of rotatable bonds is 10. The smallest absolute Gasteiger partial charge is 0.357 e. The number of hydrogen-bond acceptors (Lipinski definition) is 8. The molecule has 4 aromatic rings. The normalized spacial score (nSPS) is 18.0. The van der Waals surface area contributed by atoms with Gasteiger partial charge in [0, 0.05) is 24.7 Å². The van der Waals surface area contributed by atoms with E-state index in [9.17, 15) is 9.18 Å². The van der Waals surface area contributed by atoms with Gasteiger partial charge in [0.15, 0.2) is 11.3 Å². The maximum atomic E-state index is 14.3. The van der Waals surface area contributed by atoms with Gasteiger partial charge in [-0.25, -0.2) is 24.1 Å². The first-order chi connectivity index (χ1) is 21.0. The molecule has 1 aliphatic carbocycles. The van der Waals surface area contributed by atoms with Crippen LogP contribution in [0.3, 0.4) is 0 Å². The van der Waals surface area contributed by atoms with Gasteiger partial charge in [0.05, 0.1) is 36.6 Å². The summed E-state index contributed by atoms with van der Waals surface area (Å²) in [6, 6.07) is 15.4. The van der Waals surface area contributed by atoms with Crippen LogP contribution in [0.15, 0.2) is 54.6 Å². The van der Waals surface area contributed by atoms with E-state index < -0.39 is 11.8 Å². The quantitative estimate of drug-likeness (QED) is 0.216. The Morgan fingerprint density at radius 1 is 1.16 bits per heavy atom. The van der Waals surface area contributed by atoms with Gasteiger partial charge in [0.25, 0.3) is 0 Å². The van der Waals surface area contributed by atoms with Crippen molar-refractivity contribution in [2.24, 2.45) is 5.92 Å². The number of hydrogen-bond donors (Lipinski definition) is 0. The number of esters is 1. The molecule has 6 rings (SSSR count). The molecule has 2 aliphatic rings. The summed E-state index contributed by atoms with van der Waals surface area (Å²) in [5, 5.41) is 8.94. The summed E-state index contributed by atoms with van der Waals surface area (Å²) < 4.78 is 33.0.